The number of ether oxygens (including phenoxy) is 1. The van der Waals surface area contributed by atoms with Gasteiger partial charge in [-0.05, 0) is 24.1 Å². The maximum atomic E-state index is 6.05. The first-order chi connectivity index (χ1) is 7.79. The van der Waals surface area contributed by atoms with Crippen LogP contribution in [-0.2, 0) is 4.74 Å². The van der Waals surface area contributed by atoms with Crippen molar-refractivity contribution in [2.24, 2.45) is 0 Å². The number of hydrogen-bond acceptors (Lipinski definition) is 2. The number of nitrogens with one attached hydrogen (secondary N) is 1. The molecule has 0 amide bonds. The van der Waals surface area contributed by atoms with E-state index in [4.69, 9.17) is 16.3 Å². The van der Waals surface area contributed by atoms with Crippen molar-refractivity contribution in [1.82, 2.24) is 5.32 Å². The summed E-state index contributed by atoms with van der Waals surface area (Å²) in [5, 5.41) is 4.20. The van der Waals surface area contributed by atoms with E-state index in [0.29, 0.717) is 6.10 Å². The lowest BCUT2D eigenvalue weighted by molar-refractivity contribution is -0.0424. The topological polar surface area (TPSA) is 21.3 Å². The van der Waals surface area contributed by atoms with Gasteiger partial charge in [-0.2, -0.15) is 0 Å². The fourth-order valence-corrected chi connectivity index (χ4v) is 2.20. The molecule has 1 heterocycles. The zero-order valence-electron chi connectivity index (χ0n) is 9.58. The molecule has 2 unspecified atom stereocenters. The number of halogens is 1. The largest absolute Gasteiger partial charge is 0.368 e. The van der Waals surface area contributed by atoms with Crippen LogP contribution in [0.3, 0.4) is 0 Å². The van der Waals surface area contributed by atoms with Gasteiger partial charge in [0.2, 0.25) is 0 Å². The highest BCUT2D eigenvalue weighted by Gasteiger charge is 2.22. The maximum Gasteiger partial charge on any atom is 0.0953 e. The first-order valence-corrected chi connectivity index (χ1v) is 6.29. The molecule has 1 N–H and O–H groups in total. The molecule has 1 fully saturated rings. The second kappa shape index (κ2) is 5.67. The summed E-state index contributed by atoms with van der Waals surface area (Å²) < 4.78 is 6.05. The minimum Gasteiger partial charge on any atom is -0.368 e. The van der Waals surface area contributed by atoms with Gasteiger partial charge in [-0.15, -0.1) is 0 Å². The zero-order chi connectivity index (χ0) is 11.4. The van der Waals surface area contributed by atoms with Gasteiger partial charge in [0.25, 0.3) is 0 Å². The predicted octanol–water partition coefficient (Wildman–Crippen LogP) is 3.17. The predicted molar refractivity (Wildman–Crippen MR) is 66.8 cm³/mol. The molecule has 0 spiro atoms. The average Bonchev–Trinajstić information content (AvgIpc) is 2.31. The van der Waals surface area contributed by atoms with Crippen molar-refractivity contribution in [1.29, 1.82) is 0 Å². The average molecular weight is 240 g/mol. The molecule has 1 aromatic rings. The molecule has 1 aliphatic heterocycles. The highest BCUT2D eigenvalue weighted by Crippen LogP contribution is 2.24. The standard InChI is InChI=1S/C13H18ClNO/c1-2-3-12-8-15-9-13(16-12)10-4-6-11(14)7-5-10/h4-7,12-13,15H,2-3,8-9H2,1H3. The molecule has 1 aliphatic rings. The Labute approximate surface area is 102 Å². The van der Waals surface area contributed by atoms with Crippen molar-refractivity contribution in [3.63, 3.8) is 0 Å². The summed E-state index contributed by atoms with van der Waals surface area (Å²) in [5.41, 5.74) is 1.21. The van der Waals surface area contributed by atoms with Gasteiger partial charge in [0.15, 0.2) is 0 Å². The van der Waals surface area contributed by atoms with Crippen LogP contribution in [0.2, 0.25) is 5.02 Å². The summed E-state index contributed by atoms with van der Waals surface area (Å²) in [6.07, 6.45) is 2.80. The smallest absolute Gasteiger partial charge is 0.0953 e. The van der Waals surface area contributed by atoms with Crippen molar-refractivity contribution in [3.8, 4) is 0 Å². The summed E-state index contributed by atoms with van der Waals surface area (Å²) >= 11 is 5.87. The van der Waals surface area contributed by atoms with Gasteiger partial charge in [-0.25, -0.2) is 0 Å². The maximum absolute atomic E-state index is 6.05. The molecule has 0 bridgehead atoms. The molecular formula is C13H18ClNO. The van der Waals surface area contributed by atoms with Crippen LogP contribution in [0.4, 0.5) is 0 Å². The lowest BCUT2D eigenvalue weighted by atomic mass is 10.1. The van der Waals surface area contributed by atoms with E-state index >= 15 is 0 Å². The molecule has 2 rings (SSSR count). The second-order valence-electron chi connectivity index (χ2n) is 4.25. The molecule has 0 radical (unpaired) electrons. The van der Waals surface area contributed by atoms with Gasteiger partial charge in [-0.1, -0.05) is 37.1 Å². The van der Waals surface area contributed by atoms with E-state index in [9.17, 15) is 0 Å². The highest BCUT2D eigenvalue weighted by atomic mass is 35.5. The van der Waals surface area contributed by atoms with Crippen molar-refractivity contribution >= 4 is 11.6 Å². The monoisotopic (exact) mass is 239 g/mol. The second-order valence-corrected chi connectivity index (χ2v) is 4.68. The van der Waals surface area contributed by atoms with Crippen LogP contribution in [0.1, 0.15) is 31.4 Å². The van der Waals surface area contributed by atoms with Gasteiger partial charge in [0.05, 0.1) is 12.2 Å². The SMILES string of the molecule is CCCC1CNCC(c2ccc(Cl)cc2)O1. The van der Waals surface area contributed by atoms with E-state index in [0.717, 1.165) is 24.5 Å². The highest BCUT2D eigenvalue weighted by molar-refractivity contribution is 6.30. The Kier molecular flexibility index (Phi) is 4.22. The van der Waals surface area contributed by atoms with Crippen LogP contribution < -0.4 is 5.32 Å². The molecule has 0 saturated carbocycles. The first-order valence-electron chi connectivity index (χ1n) is 5.91. The van der Waals surface area contributed by atoms with Gasteiger partial charge in [0.1, 0.15) is 0 Å². The van der Waals surface area contributed by atoms with Crippen molar-refractivity contribution < 1.29 is 4.74 Å². The molecule has 16 heavy (non-hydrogen) atoms. The Balaban J connectivity index is 2.01. The molecule has 3 heteroatoms. The van der Waals surface area contributed by atoms with Gasteiger partial charge < -0.3 is 10.1 Å². The van der Waals surface area contributed by atoms with E-state index < -0.39 is 0 Å². The zero-order valence-corrected chi connectivity index (χ0v) is 10.3. The third-order valence-electron chi connectivity index (χ3n) is 2.91. The fraction of sp³-hybridized carbons (Fsp3) is 0.538. The molecule has 2 atom stereocenters. The lowest BCUT2D eigenvalue weighted by Crippen LogP contribution is -2.40. The van der Waals surface area contributed by atoms with Crippen LogP contribution >= 0.6 is 11.6 Å². The molecule has 88 valence electrons. The number of rotatable bonds is 3. The molecule has 0 aliphatic carbocycles. The summed E-state index contributed by atoms with van der Waals surface area (Å²) in [6.45, 7) is 4.05. The van der Waals surface area contributed by atoms with Gasteiger partial charge in [-0.3, -0.25) is 0 Å². The number of hydrogen-bond donors (Lipinski definition) is 1. The van der Waals surface area contributed by atoms with E-state index in [1.807, 2.05) is 24.3 Å². The Morgan fingerprint density at radius 2 is 2.06 bits per heavy atom. The number of morpholine rings is 1. The summed E-state index contributed by atoms with van der Waals surface area (Å²) in [4.78, 5) is 0. The normalized spacial score (nSPS) is 25.6. The number of benzene rings is 1. The van der Waals surface area contributed by atoms with Crippen molar-refractivity contribution in [2.75, 3.05) is 13.1 Å². The first kappa shape index (κ1) is 11.9. The van der Waals surface area contributed by atoms with E-state index in [2.05, 4.69) is 12.2 Å². The Morgan fingerprint density at radius 1 is 1.31 bits per heavy atom. The molecule has 1 aromatic carbocycles. The van der Waals surface area contributed by atoms with Gasteiger partial charge >= 0.3 is 0 Å². The van der Waals surface area contributed by atoms with E-state index in [1.54, 1.807) is 0 Å². The Bertz CT molecular complexity index is 323. The van der Waals surface area contributed by atoms with Crippen LogP contribution in [0, 0.1) is 0 Å². The van der Waals surface area contributed by atoms with Crippen LogP contribution in [0.5, 0.6) is 0 Å². The fourth-order valence-electron chi connectivity index (χ4n) is 2.07. The van der Waals surface area contributed by atoms with E-state index in [-0.39, 0.29) is 6.10 Å². The van der Waals surface area contributed by atoms with Gasteiger partial charge in [0, 0.05) is 18.1 Å². The molecule has 1 saturated heterocycles. The summed E-state index contributed by atoms with van der Waals surface area (Å²) in [7, 11) is 0. The van der Waals surface area contributed by atoms with Crippen molar-refractivity contribution in [3.05, 3.63) is 34.9 Å². The quantitative estimate of drug-likeness (QED) is 0.875. The third-order valence-corrected chi connectivity index (χ3v) is 3.16. The van der Waals surface area contributed by atoms with E-state index in [1.165, 1.54) is 12.0 Å². The summed E-state index contributed by atoms with van der Waals surface area (Å²) in [6, 6.07) is 7.93. The van der Waals surface area contributed by atoms with Crippen LogP contribution in [-0.4, -0.2) is 19.2 Å². The van der Waals surface area contributed by atoms with Crippen LogP contribution in [0.15, 0.2) is 24.3 Å². The third kappa shape index (κ3) is 2.97. The lowest BCUT2D eigenvalue weighted by Gasteiger charge is -2.31. The Hall–Kier alpha value is -0.570. The molecule has 0 aromatic heterocycles. The van der Waals surface area contributed by atoms with Crippen LogP contribution in [0.25, 0.3) is 0 Å². The molecular weight excluding hydrogens is 222 g/mol. The van der Waals surface area contributed by atoms with Crippen molar-refractivity contribution in [2.45, 2.75) is 32.0 Å². The minimum atomic E-state index is 0.169. The summed E-state index contributed by atoms with van der Waals surface area (Å²) in [5.74, 6) is 0. The molecule has 2 nitrogen and oxygen atoms in total. The Morgan fingerprint density at radius 3 is 2.75 bits per heavy atom. The minimum absolute atomic E-state index is 0.169.